The first-order valence-corrected chi connectivity index (χ1v) is 6.52. The molecule has 18 heavy (non-hydrogen) atoms. The van der Waals surface area contributed by atoms with Gasteiger partial charge < -0.3 is 10.2 Å². The lowest BCUT2D eigenvalue weighted by molar-refractivity contribution is 0.618. The Morgan fingerprint density at radius 3 is 3.28 bits per heavy atom. The molecule has 1 aliphatic heterocycles. The minimum Gasteiger partial charge on any atom is -0.349 e. The first-order chi connectivity index (χ1) is 8.90. The van der Waals surface area contributed by atoms with Crippen LogP contribution in [0.1, 0.15) is 19.8 Å². The second-order valence-electron chi connectivity index (χ2n) is 4.65. The first kappa shape index (κ1) is 11.4. The van der Waals surface area contributed by atoms with Crippen LogP contribution >= 0.6 is 0 Å². The molecule has 0 saturated carbocycles. The zero-order valence-electron chi connectivity index (χ0n) is 10.6. The average Bonchev–Trinajstić information content (AvgIpc) is 3.06. The van der Waals surface area contributed by atoms with E-state index in [1.807, 2.05) is 16.8 Å². The SMILES string of the molecule is CCCN(c1nccn2cnnc12)C1CCNC1. The van der Waals surface area contributed by atoms with Gasteiger partial charge in [-0.2, -0.15) is 0 Å². The van der Waals surface area contributed by atoms with Crippen LogP contribution in [0.2, 0.25) is 0 Å². The van der Waals surface area contributed by atoms with Gasteiger partial charge >= 0.3 is 0 Å². The highest BCUT2D eigenvalue weighted by atomic mass is 15.3. The molecule has 1 saturated heterocycles. The Hall–Kier alpha value is -1.69. The van der Waals surface area contributed by atoms with Crippen LogP contribution in [0.15, 0.2) is 18.7 Å². The molecular weight excluding hydrogens is 228 g/mol. The van der Waals surface area contributed by atoms with E-state index in [0.29, 0.717) is 6.04 Å². The largest absolute Gasteiger partial charge is 0.349 e. The van der Waals surface area contributed by atoms with Crippen molar-refractivity contribution in [3.05, 3.63) is 18.7 Å². The Labute approximate surface area is 106 Å². The van der Waals surface area contributed by atoms with Crippen LogP contribution in [0, 0.1) is 0 Å². The van der Waals surface area contributed by atoms with Gasteiger partial charge in [-0.15, -0.1) is 10.2 Å². The van der Waals surface area contributed by atoms with Gasteiger partial charge in [-0.25, -0.2) is 4.98 Å². The fourth-order valence-corrected chi connectivity index (χ4v) is 2.56. The van der Waals surface area contributed by atoms with Gasteiger partial charge in [0.2, 0.25) is 5.65 Å². The van der Waals surface area contributed by atoms with Crippen molar-refractivity contribution in [2.75, 3.05) is 24.5 Å². The smallest absolute Gasteiger partial charge is 0.203 e. The molecule has 6 nitrogen and oxygen atoms in total. The monoisotopic (exact) mass is 246 g/mol. The highest BCUT2D eigenvalue weighted by Gasteiger charge is 2.24. The zero-order chi connectivity index (χ0) is 12.4. The lowest BCUT2D eigenvalue weighted by Gasteiger charge is -2.29. The molecule has 2 aromatic heterocycles. The van der Waals surface area contributed by atoms with Crippen LogP contribution in [-0.2, 0) is 0 Å². The second-order valence-corrected chi connectivity index (χ2v) is 4.65. The van der Waals surface area contributed by atoms with Crippen molar-refractivity contribution in [2.24, 2.45) is 0 Å². The molecule has 1 atom stereocenters. The summed E-state index contributed by atoms with van der Waals surface area (Å²) in [4.78, 5) is 6.88. The summed E-state index contributed by atoms with van der Waals surface area (Å²) >= 11 is 0. The maximum Gasteiger partial charge on any atom is 0.203 e. The van der Waals surface area contributed by atoms with E-state index < -0.39 is 0 Å². The van der Waals surface area contributed by atoms with E-state index in [4.69, 9.17) is 0 Å². The van der Waals surface area contributed by atoms with Crippen molar-refractivity contribution in [1.82, 2.24) is 24.9 Å². The Balaban J connectivity index is 2.00. The molecule has 2 aromatic rings. The molecule has 3 heterocycles. The fraction of sp³-hybridized carbons (Fsp3) is 0.583. The van der Waals surface area contributed by atoms with Crippen LogP contribution in [-0.4, -0.2) is 45.3 Å². The maximum absolute atomic E-state index is 4.52. The van der Waals surface area contributed by atoms with E-state index in [9.17, 15) is 0 Å². The summed E-state index contributed by atoms with van der Waals surface area (Å²) in [5.41, 5.74) is 0.845. The van der Waals surface area contributed by atoms with E-state index in [1.165, 1.54) is 0 Å². The van der Waals surface area contributed by atoms with E-state index in [1.54, 1.807) is 6.33 Å². The lowest BCUT2D eigenvalue weighted by Crippen LogP contribution is -2.38. The van der Waals surface area contributed by atoms with Crippen LogP contribution in [0.25, 0.3) is 5.65 Å². The molecule has 0 aliphatic carbocycles. The number of rotatable bonds is 4. The van der Waals surface area contributed by atoms with Gasteiger partial charge in [-0.05, 0) is 19.4 Å². The molecule has 0 amide bonds. The molecule has 6 heteroatoms. The normalized spacial score (nSPS) is 19.5. The van der Waals surface area contributed by atoms with Crippen LogP contribution in [0.4, 0.5) is 5.82 Å². The van der Waals surface area contributed by atoms with Crippen LogP contribution in [0.5, 0.6) is 0 Å². The van der Waals surface area contributed by atoms with Crippen LogP contribution < -0.4 is 10.2 Å². The van der Waals surface area contributed by atoms with Crippen molar-refractivity contribution >= 4 is 11.5 Å². The van der Waals surface area contributed by atoms with Gasteiger partial charge in [0.05, 0.1) is 0 Å². The summed E-state index contributed by atoms with van der Waals surface area (Å²) in [6.07, 6.45) is 7.69. The predicted octanol–water partition coefficient (Wildman–Crippen LogP) is 0.703. The average molecular weight is 246 g/mol. The molecule has 1 fully saturated rings. The maximum atomic E-state index is 4.52. The number of anilines is 1. The molecule has 0 aromatic carbocycles. The number of fused-ring (bicyclic) bond motifs is 1. The Morgan fingerprint density at radius 1 is 1.56 bits per heavy atom. The van der Waals surface area contributed by atoms with Crippen molar-refractivity contribution in [2.45, 2.75) is 25.8 Å². The third kappa shape index (κ3) is 1.92. The standard InChI is InChI=1S/C12H18N6/c1-2-6-18(10-3-4-13-8-10)11-12-16-15-9-17(12)7-5-14-11/h5,7,9-10,13H,2-4,6,8H2,1H3. The van der Waals surface area contributed by atoms with Gasteiger partial charge in [0.25, 0.3) is 0 Å². The Kier molecular flexibility index (Phi) is 3.10. The summed E-state index contributed by atoms with van der Waals surface area (Å²) in [7, 11) is 0. The highest BCUT2D eigenvalue weighted by Crippen LogP contribution is 2.21. The number of nitrogens with zero attached hydrogens (tertiary/aromatic N) is 5. The van der Waals surface area contributed by atoms with Crippen molar-refractivity contribution in [3.8, 4) is 0 Å². The molecule has 0 radical (unpaired) electrons. The lowest BCUT2D eigenvalue weighted by atomic mass is 10.2. The molecule has 0 bridgehead atoms. The first-order valence-electron chi connectivity index (χ1n) is 6.52. The Morgan fingerprint density at radius 2 is 2.50 bits per heavy atom. The third-order valence-electron chi connectivity index (χ3n) is 3.41. The molecule has 96 valence electrons. The van der Waals surface area contributed by atoms with Crippen molar-refractivity contribution < 1.29 is 0 Å². The minimum atomic E-state index is 0.514. The van der Waals surface area contributed by atoms with E-state index >= 15 is 0 Å². The molecule has 1 aliphatic rings. The van der Waals surface area contributed by atoms with Crippen molar-refractivity contribution in [1.29, 1.82) is 0 Å². The van der Waals surface area contributed by atoms with E-state index in [2.05, 4.69) is 32.3 Å². The quantitative estimate of drug-likeness (QED) is 0.860. The van der Waals surface area contributed by atoms with Gasteiger partial charge in [0, 0.05) is 31.5 Å². The molecule has 3 rings (SSSR count). The van der Waals surface area contributed by atoms with E-state index in [-0.39, 0.29) is 0 Å². The van der Waals surface area contributed by atoms with Gasteiger partial charge in [-0.3, -0.25) is 4.40 Å². The van der Waals surface area contributed by atoms with Crippen molar-refractivity contribution in [3.63, 3.8) is 0 Å². The van der Waals surface area contributed by atoms with Gasteiger partial charge in [0.1, 0.15) is 6.33 Å². The molecule has 1 N–H and O–H groups in total. The second kappa shape index (κ2) is 4.89. The molecular formula is C12H18N6. The summed E-state index contributed by atoms with van der Waals surface area (Å²) in [6.45, 7) is 5.31. The summed E-state index contributed by atoms with van der Waals surface area (Å²) < 4.78 is 1.92. The summed E-state index contributed by atoms with van der Waals surface area (Å²) in [6, 6.07) is 0.514. The van der Waals surface area contributed by atoms with Gasteiger partial charge in [-0.1, -0.05) is 6.92 Å². The molecule has 1 unspecified atom stereocenters. The topological polar surface area (TPSA) is 58.4 Å². The minimum absolute atomic E-state index is 0.514. The highest BCUT2D eigenvalue weighted by molar-refractivity contribution is 5.63. The number of nitrogens with one attached hydrogen (secondary N) is 1. The third-order valence-corrected chi connectivity index (χ3v) is 3.41. The predicted molar refractivity (Wildman–Crippen MR) is 69.7 cm³/mol. The summed E-state index contributed by atoms with van der Waals surface area (Å²) in [5, 5.41) is 11.6. The molecule has 0 spiro atoms. The van der Waals surface area contributed by atoms with E-state index in [0.717, 1.165) is 43.9 Å². The number of hydrogen-bond donors (Lipinski definition) is 1. The fourth-order valence-electron chi connectivity index (χ4n) is 2.56. The van der Waals surface area contributed by atoms with Crippen LogP contribution in [0.3, 0.4) is 0 Å². The Bertz CT molecular complexity index is 516. The number of hydrogen-bond acceptors (Lipinski definition) is 5. The zero-order valence-corrected chi connectivity index (χ0v) is 10.6. The number of aromatic nitrogens is 4. The summed E-state index contributed by atoms with van der Waals surface area (Å²) in [5.74, 6) is 0.950. The van der Waals surface area contributed by atoms with Gasteiger partial charge in [0.15, 0.2) is 5.82 Å².